The number of carbonyl (C=O) groups is 2. The smallest absolute Gasteiger partial charge is 0.291 e. The van der Waals surface area contributed by atoms with Gasteiger partial charge in [-0.1, -0.05) is 44.9 Å². The molecule has 0 aliphatic carbocycles. The Labute approximate surface area is 207 Å². The molecule has 1 fully saturated rings. The van der Waals surface area contributed by atoms with Crippen LogP contribution >= 0.6 is 0 Å². The normalized spacial score (nSPS) is 13.9. The summed E-state index contributed by atoms with van der Waals surface area (Å²) in [5.41, 5.74) is 2.16. The van der Waals surface area contributed by atoms with E-state index in [9.17, 15) is 9.59 Å². The minimum absolute atomic E-state index is 0.0443. The fourth-order valence-electron chi connectivity index (χ4n) is 4.77. The van der Waals surface area contributed by atoms with E-state index in [0.29, 0.717) is 37.4 Å². The highest BCUT2D eigenvalue weighted by Crippen LogP contribution is 2.33. The number of hydrogen-bond donors (Lipinski definition) is 1. The largest absolute Gasteiger partial charge is 0.497 e. The summed E-state index contributed by atoms with van der Waals surface area (Å²) in [4.78, 5) is 30.8. The van der Waals surface area contributed by atoms with Gasteiger partial charge in [-0.2, -0.15) is 0 Å². The molecule has 1 N–H and O–H groups in total. The van der Waals surface area contributed by atoms with Gasteiger partial charge in [0.05, 0.1) is 7.11 Å². The Bertz CT molecular complexity index is 1160. The first-order valence-corrected chi connectivity index (χ1v) is 12.6. The number of para-hydroxylation sites is 1. The van der Waals surface area contributed by atoms with Gasteiger partial charge >= 0.3 is 0 Å². The molecule has 0 atom stereocenters. The van der Waals surface area contributed by atoms with Crippen molar-refractivity contribution in [2.75, 3.05) is 43.5 Å². The average molecular weight is 478 g/mol. The van der Waals surface area contributed by atoms with Crippen LogP contribution in [0.25, 0.3) is 11.0 Å². The summed E-state index contributed by atoms with van der Waals surface area (Å²) >= 11 is 0. The van der Waals surface area contributed by atoms with E-state index in [1.165, 1.54) is 0 Å². The lowest BCUT2D eigenvalue weighted by molar-refractivity contribution is -0.120. The summed E-state index contributed by atoms with van der Waals surface area (Å²) < 4.78 is 11.4. The number of benzene rings is 2. The van der Waals surface area contributed by atoms with Gasteiger partial charge in [0, 0.05) is 49.2 Å². The fraction of sp³-hybridized carbons (Fsp3) is 0.429. The molecule has 35 heavy (non-hydrogen) atoms. The fourth-order valence-corrected chi connectivity index (χ4v) is 4.77. The lowest BCUT2D eigenvalue weighted by Gasteiger charge is -2.36. The molecule has 7 nitrogen and oxygen atoms in total. The van der Waals surface area contributed by atoms with Crippen LogP contribution in [0.15, 0.2) is 52.9 Å². The van der Waals surface area contributed by atoms with E-state index in [1.54, 1.807) is 12.0 Å². The molecule has 0 radical (unpaired) electrons. The Kier molecular flexibility index (Phi) is 7.95. The van der Waals surface area contributed by atoms with Gasteiger partial charge in [0.1, 0.15) is 17.0 Å². The summed E-state index contributed by atoms with van der Waals surface area (Å²) in [7, 11) is 1.66. The Morgan fingerprint density at radius 2 is 1.71 bits per heavy atom. The second-order valence-corrected chi connectivity index (χ2v) is 9.05. The number of methoxy groups -OCH3 is 1. The predicted molar refractivity (Wildman–Crippen MR) is 139 cm³/mol. The minimum atomic E-state index is -0.190. The van der Waals surface area contributed by atoms with Crippen molar-refractivity contribution in [3.05, 3.63) is 54.3 Å². The molecule has 0 spiro atoms. The molecule has 1 aliphatic rings. The van der Waals surface area contributed by atoms with Crippen LogP contribution in [0, 0.1) is 5.92 Å². The number of nitrogens with one attached hydrogen (secondary N) is 1. The van der Waals surface area contributed by atoms with E-state index in [-0.39, 0.29) is 23.5 Å². The highest BCUT2D eigenvalue weighted by atomic mass is 16.5. The molecular weight excluding hydrogens is 442 g/mol. The molecule has 1 aromatic heterocycles. The maximum atomic E-state index is 13.6. The van der Waals surface area contributed by atoms with Crippen LogP contribution in [-0.4, -0.2) is 50.0 Å². The van der Waals surface area contributed by atoms with Crippen LogP contribution in [0.2, 0.25) is 0 Å². The molecule has 186 valence electrons. The SMILES string of the molecule is CCCC(CCC)C(=O)Nc1c(C(=O)N2CCN(c3cccc(OC)c3)CC2)oc2ccccc12. The molecule has 1 saturated heterocycles. The van der Waals surface area contributed by atoms with Crippen molar-refractivity contribution in [2.24, 2.45) is 5.92 Å². The molecule has 7 heteroatoms. The van der Waals surface area contributed by atoms with Crippen molar-refractivity contribution in [2.45, 2.75) is 39.5 Å². The molecule has 1 aliphatic heterocycles. The van der Waals surface area contributed by atoms with Crippen molar-refractivity contribution in [3.63, 3.8) is 0 Å². The van der Waals surface area contributed by atoms with E-state index in [4.69, 9.17) is 9.15 Å². The van der Waals surface area contributed by atoms with Crippen LogP contribution in [-0.2, 0) is 4.79 Å². The number of anilines is 2. The third kappa shape index (κ3) is 5.45. The Morgan fingerprint density at radius 3 is 2.40 bits per heavy atom. The molecule has 2 heterocycles. The van der Waals surface area contributed by atoms with Gasteiger partial charge in [0.25, 0.3) is 5.91 Å². The van der Waals surface area contributed by atoms with Crippen molar-refractivity contribution >= 4 is 34.2 Å². The van der Waals surface area contributed by atoms with Gasteiger partial charge in [0.15, 0.2) is 0 Å². The average Bonchev–Trinajstić information content (AvgIpc) is 3.26. The lowest BCUT2D eigenvalue weighted by Crippen LogP contribution is -2.48. The quantitative estimate of drug-likeness (QED) is 0.437. The Balaban J connectivity index is 1.53. The topological polar surface area (TPSA) is 75.0 Å². The monoisotopic (exact) mass is 477 g/mol. The summed E-state index contributed by atoms with van der Waals surface area (Å²) in [6.45, 7) is 6.71. The zero-order valence-electron chi connectivity index (χ0n) is 20.9. The number of fused-ring (bicyclic) bond motifs is 1. The van der Waals surface area contributed by atoms with Crippen LogP contribution < -0.4 is 15.0 Å². The lowest BCUT2D eigenvalue weighted by atomic mass is 9.97. The summed E-state index contributed by atoms with van der Waals surface area (Å²) in [5, 5.41) is 3.82. The van der Waals surface area contributed by atoms with E-state index in [1.807, 2.05) is 42.5 Å². The van der Waals surface area contributed by atoms with Gasteiger partial charge in [-0.15, -0.1) is 0 Å². The summed E-state index contributed by atoms with van der Waals surface area (Å²) in [6.07, 6.45) is 3.52. The van der Waals surface area contributed by atoms with Crippen molar-refractivity contribution in [1.29, 1.82) is 0 Å². The minimum Gasteiger partial charge on any atom is -0.497 e. The number of piperazine rings is 1. The molecule has 4 rings (SSSR count). The second-order valence-electron chi connectivity index (χ2n) is 9.05. The first-order valence-electron chi connectivity index (χ1n) is 12.6. The molecule has 0 bridgehead atoms. The van der Waals surface area contributed by atoms with Gasteiger partial charge in [-0.3, -0.25) is 9.59 Å². The van der Waals surface area contributed by atoms with Crippen LogP contribution in [0.3, 0.4) is 0 Å². The molecule has 2 aromatic carbocycles. The number of hydrogen-bond acceptors (Lipinski definition) is 5. The molecule has 2 amide bonds. The van der Waals surface area contributed by atoms with Gasteiger partial charge in [-0.25, -0.2) is 0 Å². The first kappa shape index (κ1) is 24.6. The van der Waals surface area contributed by atoms with Gasteiger partial charge < -0.3 is 24.3 Å². The second kappa shape index (κ2) is 11.3. The highest BCUT2D eigenvalue weighted by molar-refractivity contribution is 6.11. The standard InChI is InChI=1S/C28H35N3O4/c1-4-9-20(10-5-2)27(32)29-25-23-13-6-7-14-24(23)35-26(25)28(33)31-17-15-30(16-18-31)21-11-8-12-22(19-21)34-3/h6-8,11-14,19-20H,4-5,9-10,15-18H2,1-3H3,(H,29,32). The zero-order chi connectivity index (χ0) is 24.8. The third-order valence-electron chi connectivity index (χ3n) is 6.67. The van der Waals surface area contributed by atoms with Crippen LogP contribution in [0.5, 0.6) is 5.75 Å². The summed E-state index contributed by atoms with van der Waals surface area (Å²) in [6, 6.07) is 15.4. The van der Waals surface area contributed by atoms with E-state index < -0.39 is 0 Å². The first-order chi connectivity index (χ1) is 17.0. The predicted octanol–water partition coefficient (Wildman–Crippen LogP) is 5.56. The van der Waals surface area contributed by atoms with Crippen molar-refractivity contribution in [3.8, 4) is 5.75 Å². The number of nitrogens with zero attached hydrogens (tertiary/aromatic N) is 2. The van der Waals surface area contributed by atoms with Crippen molar-refractivity contribution < 1.29 is 18.7 Å². The number of furan rings is 1. The van der Waals surface area contributed by atoms with E-state index in [2.05, 4.69) is 30.1 Å². The number of amides is 2. The van der Waals surface area contributed by atoms with Crippen LogP contribution in [0.1, 0.15) is 50.1 Å². The van der Waals surface area contributed by atoms with E-state index in [0.717, 1.165) is 42.5 Å². The molecule has 0 saturated carbocycles. The summed E-state index contributed by atoms with van der Waals surface area (Å²) in [5.74, 6) is 0.712. The number of carbonyl (C=O) groups excluding carboxylic acids is 2. The van der Waals surface area contributed by atoms with Gasteiger partial charge in [0.2, 0.25) is 11.7 Å². The number of ether oxygens (including phenoxy) is 1. The Morgan fingerprint density at radius 1 is 1.00 bits per heavy atom. The molecule has 3 aromatic rings. The maximum absolute atomic E-state index is 13.6. The maximum Gasteiger partial charge on any atom is 0.291 e. The highest BCUT2D eigenvalue weighted by Gasteiger charge is 2.30. The molecule has 0 unspecified atom stereocenters. The van der Waals surface area contributed by atoms with Crippen molar-refractivity contribution in [1.82, 2.24) is 4.90 Å². The molecular formula is C28H35N3O4. The third-order valence-corrected chi connectivity index (χ3v) is 6.67. The van der Waals surface area contributed by atoms with Crippen LogP contribution in [0.4, 0.5) is 11.4 Å². The van der Waals surface area contributed by atoms with Gasteiger partial charge in [-0.05, 0) is 37.1 Å². The zero-order valence-corrected chi connectivity index (χ0v) is 20.9. The number of rotatable bonds is 9. The van der Waals surface area contributed by atoms with E-state index >= 15 is 0 Å². The Hall–Kier alpha value is -3.48.